The molecule has 0 aliphatic carbocycles. The molecule has 1 unspecified atom stereocenters. The second kappa shape index (κ2) is 6.88. The number of nitrogens with two attached hydrogens (primary N) is 1. The molecule has 0 amide bonds. The Labute approximate surface area is 116 Å². The van der Waals surface area contributed by atoms with Gasteiger partial charge in [0.25, 0.3) is 0 Å². The zero-order valence-corrected chi connectivity index (χ0v) is 11.8. The van der Waals surface area contributed by atoms with E-state index in [2.05, 4.69) is 15.0 Å². The summed E-state index contributed by atoms with van der Waals surface area (Å²) in [5, 5.41) is 9.62. The van der Waals surface area contributed by atoms with Crippen LogP contribution in [0, 0.1) is 5.92 Å². The molecule has 0 aromatic carbocycles. The number of aliphatic hydroxyl groups is 1. The first kappa shape index (κ1) is 14.3. The van der Waals surface area contributed by atoms with E-state index in [1.807, 2.05) is 11.8 Å². The molecule has 1 aliphatic rings. The van der Waals surface area contributed by atoms with Crippen LogP contribution in [0.25, 0.3) is 0 Å². The molecule has 0 saturated carbocycles. The minimum absolute atomic E-state index is 0.157. The Morgan fingerprint density at radius 2 is 2.11 bits per heavy atom. The van der Waals surface area contributed by atoms with Gasteiger partial charge < -0.3 is 20.5 Å². The van der Waals surface area contributed by atoms with Crippen LogP contribution in [0.1, 0.15) is 6.92 Å². The molecule has 106 valence electrons. The molecule has 2 heterocycles. The molecule has 2 rings (SSSR count). The summed E-state index contributed by atoms with van der Waals surface area (Å²) in [6, 6.07) is 0. The van der Waals surface area contributed by atoms with Gasteiger partial charge in [-0.2, -0.15) is 15.0 Å². The maximum atomic E-state index is 9.01. The molecule has 1 fully saturated rings. The van der Waals surface area contributed by atoms with E-state index in [1.165, 1.54) is 11.8 Å². The Balaban J connectivity index is 2.05. The number of nitrogen functional groups attached to an aromatic ring is 1. The minimum atomic E-state index is 0.157. The molecule has 19 heavy (non-hydrogen) atoms. The summed E-state index contributed by atoms with van der Waals surface area (Å²) >= 11 is 1.49. The van der Waals surface area contributed by atoms with Gasteiger partial charge in [0.15, 0.2) is 5.16 Å². The van der Waals surface area contributed by atoms with Crippen LogP contribution in [0.2, 0.25) is 0 Å². The number of anilines is 2. The quantitative estimate of drug-likeness (QED) is 0.730. The lowest BCUT2D eigenvalue weighted by Crippen LogP contribution is -2.37. The van der Waals surface area contributed by atoms with Crippen LogP contribution >= 0.6 is 11.8 Å². The normalized spacial score (nSPS) is 17.5. The smallest absolute Gasteiger partial charge is 0.231 e. The Morgan fingerprint density at radius 3 is 2.79 bits per heavy atom. The predicted molar refractivity (Wildman–Crippen MR) is 74.2 cm³/mol. The monoisotopic (exact) mass is 285 g/mol. The zero-order chi connectivity index (χ0) is 13.7. The average Bonchev–Trinajstić information content (AvgIpc) is 2.45. The molecule has 7 nitrogen and oxygen atoms in total. The number of morpholine rings is 1. The highest BCUT2D eigenvalue weighted by Gasteiger charge is 2.16. The number of aromatic nitrogens is 3. The summed E-state index contributed by atoms with van der Waals surface area (Å²) in [5.74, 6) is 1.79. The lowest BCUT2D eigenvalue weighted by atomic mass is 10.2. The van der Waals surface area contributed by atoms with Gasteiger partial charge in [0.1, 0.15) is 0 Å². The van der Waals surface area contributed by atoms with E-state index in [1.54, 1.807) is 0 Å². The summed E-state index contributed by atoms with van der Waals surface area (Å²) in [6.45, 7) is 5.01. The number of hydrogen-bond donors (Lipinski definition) is 2. The number of nitrogens with zero attached hydrogens (tertiary/aromatic N) is 4. The molecule has 3 N–H and O–H groups in total. The van der Waals surface area contributed by atoms with Crippen molar-refractivity contribution in [1.82, 2.24) is 15.0 Å². The van der Waals surface area contributed by atoms with Crippen molar-refractivity contribution in [1.29, 1.82) is 0 Å². The highest BCUT2D eigenvalue weighted by Crippen LogP contribution is 2.20. The highest BCUT2D eigenvalue weighted by molar-refractivity contribution is 7.99. The van der Waals surface area contributed by atoms with Crippen LogP contribution in [-0.2, 0) is 4.74 Å². The molecule has 0 spiro atoms. The summed E-state index contributed by atoms with van der Waals surface area (Å²) in [4.78, 5) is 14.7. The van der Waals surface area contributed by atoms with Crippen molar-refractivity contribution in [3.63, 3.8) is 0 Å². The van der Waals surface area contributed by atoms with E-state index in [4.69, 9.17) is 15.6 Å². The molecule has 0 radical (unpaired) electrons. The van der Waals surface area contributed by atoms with Crippen molar-refractivity contribution in [2.75, 3.05) is 49.3 Å². The summed E-state index contributed by atoms with van der Waals surface area (Å²) in [7, 11) is 0. The fourth-order valence-corrected chi connectivity index (χ4v) is 2.44. The average molecular weight is 285 g/mol. The Bertz CT molecular complexity index is 414. The van der Waals surface area contributed by atoms with Crippen molar-refractivity contribution in [3.8, 4) is 0 Å². The highest BCUT2D eigenvalue weighted by atomic mass is 32.2. The van der Waals surface area contributed by atoms with Gasteiger partial charge in [-0.25, -0.2) is 0 Å². The standard InChI is InChI=1S/C11H19N5O2S/c1-8(6-17)7-19-11-14-9(12)13-10(15-11)16-2-4-18-5-3-16/h8,17H,2-7H2,1H3,(H2,12,13,14,15). The molecule has 0 bridgehead atoms. The number of ether oxygens (including phenoxy) is 1. The van der Waals surface area contributed by atoms with Crippen LogP contribution < -0.4 is 10.6 Å². The maximum Gasteiger partial charge on any atom is 0.231 e. The first-order valence-corrected chi connectivity index (χ1v) is 7.25. The van der Waals surface area contributed by atoms with Crippen LogP contribution in [-0.4, -0.2) is 58.7 Å². The Morgan fingerprint density at radius 1 is 1.37 bits per heavy atom. The molecule has 1 atom stereocenters. The predicted octanol–water partition coefficient (Wildman–Crippen LogP) is 0.0109. The number of rotatable bonds is 5. The fraction of sp³-hybridized carbons (Fsp3) is 0.727. The third-order valence-corrected chi connectivity index (χ3v) is 3.90. The van der Waals surface area contributed by atoms with E-state index in [9.17, 15) is 0 Å². The molecule has 1 saturated heterocycles. The first-order chi connectivity index (χ1) is 9.19. The van der Waals surface area contributed by atoms with E-state index in [-0.39, 0.29) is 18.5 Å². The van der Waals surface area contributed by atoms with Gasteiger partial charge in [-0.3, -0.25) is 0 Å². The maximum absolute atomic E-state index is 9.01. The number of aliphatic hydroxyl groups excluding tert-OH is 1. The van der Waals surface area contributed by atoms with E-state index < -0.39 is 0 Å². The van der Waals surface area contributed by atoms with Crippen LogP contribution in [0.5, 0.6) is 0 Å². The minimum Gasteiger partial charge on any atom is -0.396 e. The first-order valence-electron chi connectivity index (χ1n) is 6.27. The fourth-order valence-electron chi connectivity index (χ4n) is 1.60. The second-order valence-corrected chi connectivity index (χ2v) is 5.46. The van der Waals surface area contributed by atoms with Crippen LogP contribution in [0.4, 0.5) is 11.9 Å². The molecule has 1 aliphatic heterocycles. The van der Waals surface area contributed by atoms with Gasteiger partial charge in [0.05, 0.1) is 13.2 Å². The van der Waals surface area contributed by atoms with Crippen molar-refractivity contribution in [3.05, 3.63) is 0 Å². The van der Waals surface area contributed by atoms with Gasteiger partial charge in [-0.05, 0) is 5.92 Å². The van der Waals surface area contributed by atoms with Crippen LogP contribution in [0.15, 0.2) is 5.16 Å². The van der Waals surface area contributed by atoms with Gasteiger partial charge in [-0.1, -0.05) is 18.7 Å². The van der Waals surface area contributed by atoms with Gasteiger partial charge in [-0.15, -0.1) is 0 Å². The van der Waals surface area contributed by atoms with E-state index in [0.29, 0.717) is 24.3 Å². The van der Waals surface area contributed by atoms with Crippen LogP contribution in [0.3, 0.4) is 0 Å². The van der Waals surface area contributed by atoms with Crippen molar-refractivity contribution < 1.29 is 9.84 Å². The van der Waals surface area contributed by atoms with E-state index >= 15 is 0 Å². The van der Waals surface area contributed by atoms with Crippen molar-refractivity contribution >= 4 is 23.7 Å². The van der Waals surface area contributed by atoms with Crippen molar-refractivity contribution in [2.24, 2.45) is 5.92 Å². The third kappa shape index (κ3) is 4.19. The third-order valence-electron chi connectivity index (χ3n) is 2.72. The topological polar surface area (TPSA) is 97.4 Å². The molecule has 1 aromatic rings. The van der Waals surface area contributed by atoms with Gasteiger partial charge >= 0.3 is 0 Å². The van der Waals surface area contributed by atoms with E-state index in [0.717, 1.165) is 18.8 Å². The molecule has 8 heteroatoms. The summed E-state index contributed by atoms with van der Waals surface area (Å²) < 4.78 is 5.30. The van der Waals surface area contributed by atoms with Gasteiger partial charge in [0.2, 0.25) is 11.9 Å². The lowest BCUT2D eigenvalue weighted by molar-refractivity contribution is 0.122. The molecular formula is C11H19N5O2S. The Kier molecular flexibility index (Phi) is 5.17. The number of thioether (sulfide) groups is 1. The summed E-state index contributed by atoms with van der Waals surface area (Å²) in [5.41, 5.74) is 5.72. The zero-order valence-electron chi connectivity index (χ0n) is 10.9. The molecule has 1 aromatic heterocycles. The largest absolute Gasteiger partial charge is 0.396 e. The molecular weight excluding hydrogens is 266 g/mol. The SMILES string of the molecule is CC(CO)CSc1nc(N)nc(N2CCOCC2)n1. The van der Waals surface area contributed by atoms with Crippen molar-refractivity contribution in [2.45, 2.75) is 12.1 Å². The Hall–Kier alpha value is -1.12. The second-order valence-electron chi connectivity index (χ2n) is 4.47. The number of hydrogen-bond acceptors (Lipinski definition) is 8. The lowest BCUT2D eigenvalue weighted by Gasteiger charge is -2.26. The summed E-state index contributed by atoms with van der Waals surface area (Å²) in [6.07, 6.45) is 0. The van der Waals surface area contributed by atoms with Gasteiger partial charge in [0, 0.05) is 25.4 Å².